The summed E-state index contributed by atoms with van der Waals surface area (Å²) in [4.78, 5) is 11.0. The van der Waals surface area contributed by atoms with Gasteiger partial charge in [0.25, 0.3) is 0 Å². The Morgan fingerprint density at radius 3 is 2.55 bits per heavy atom. The van der Waals surface area contributed by atoms with E-state index in [0.29, 0.717) is 11.4 Å². The molecule has 0 saturated heterocycles. The van der Waals surface area contributed by atoms with Crippen molar-refractivity contribution in [1.29, 1.82) is 0 Å². The number of carbonyl (C=O) groups is 1. The van der Waals surface area contributed by atoms with Crippen molar-refractivity contribution < 1.29 is 9.18 Å². The summed E-state index contributed by atoms with van der Waals surface area (Å²) in [5.41, 5.74) is 1.06. The van der Waals surface area contributed by atoms with Crippen molar-refractivity contribution in [3.05, 3.63) is 24.0 Å². The van der Waals surface area contributed by atoms with Crippen molar-refractivity contribution in [1.82, 2.24) is 0 Å². The number of rotatable bonds is 9. The van der Waals surface area contributed by atoms with Gasteiger partial charge in [-0.05, 0) is 24.6 Å². The maximum absolute atomic E-state index is 13.6. The Morgan fingerprint density at radius 1 is 1.15 bits per heavy atom. The second-order valence-electron chi connectivity index (χ2n) is 5.07. The molecular weight excluding hydrogens is 255 g/mol. The van der Waals surface area contributed by atoms with Gasteiger partial charge in [-0.25, -0.2) is 4.39 Å². The van der Waals surface area contributed by atoms with Gasteiger partial charge in [0.1, 0.15) is 5.82 Å². The van der Waals surface area contributed by atoms with Crippen LogP contribution >= 0.6 is 0 Å². The van der Waals surface area contributed by atoms with Crippen molar-refractivity contribution in [3.63, 3.8) is 0 Å². The first-order chi connectivity index (χ1) is 9.63. The van der Waals surface area contributed by atoms with E-state index in [1.165, 1.54) is 45.1 Å². The minimum absolute atomic E-state index is 0.154. The first-order valence-corrected chi connectivity index (χ1v) is 7.44. The number of amides is 1. The number of carbonyl (C=O) groups excluding carboxylic acids is 1. The van der Waals surface area contributed by atoms with Crippen molar-refractivity contribution in [2.75, 3.05) is 17.2 Å². The Balaban J connectivity index is 2.33. The SMILES string of the molecule is CCCCCCCCNc1cc(NC(C)=O)ccc1F. The third-order valence-electron chi connectivity index (χ3n) is 3.13. The molecule has 0 aliphatic heterocycles. The predicted octanol–water partition coefficient (Wildman–Crippen LogP) is 4.56. The maximum atomic E-state index is 13.6. The monoisotopic (exact) mass is 280 g/mol. The lowest BCUT2D eigenvalue weighted by molar-refractivity contribution is -0.114. The van der Waals surface area contributed by atoms with Gasteiger partial charge in [0, 0.05) is 19.2 Å². The highest BCUT2D eigenvalue weighted by atomic mass is 19.1. The van der Waals surface area contributed by atoms with E-state index in [0.717, 1.165) is 13.0 Å². The number of benzene rings is 1. The summed E-state index contributed by atoms with van der Waals surface area (Å²) in [5, 5.41) is 5.74. The zero-order chi connectivity index (χ0) is 14.8. The Bertz CT molecular complexity index is 421. The molecule has 0 unspecified atom stereocenters. The lowest BCUT2D eigenvalue weighted by Crippen LogP contribution is -2.08. The molecule has 1 aromatic rings. The van der Waals surface area contributed by atoms with Crippen LogP contribution in [0.1, 0.15) is 52.4 Å². The van der Waals surface area contributed by atoms with Gasteiger partial charge in [-0.3, -0.25) is 4.79 Å². The summed E-state index contributed by atoms with van der Waals surface area (Å²) in [7, 11) is 0. The number of anilines is 2. The predicted molar refractivity (Wildman–Crippen MR) is 82.6 cm³/mol. The van der Waals surface area contributed by atoms with Gasteiger partial charge < -0.3 is 10.6 Å². The Hall–Kier alpha value is -1.58. The van der Waals surface area contributed by atoms with Gasteiger partial charge >= 0.3 is 0 Å². The van der Waals surface area contributed by atoms with Gasteiger partial charge in [0.2, 0.25) is 5.91 Å². The number of hydrogen-bond acceptors (Lipinski definition) is 2. The van der Waals surface area contributed by atoms with Crippen molar-refractivity contribution >= 4 is 17.3 Å². The number of nitrogens with one attached hydrogen (secondary N) is 2. The zero-order valence-corrected chi connectivity index (χ0v) is 12.5. The van der Waals surface area contributed by atoms with Crippen LogP contribution in [0.3, 0.4) is 0 Å². The van der Waals surface area contributed by atoms with Crippen LogP contribution in [0.4, 0.5) is 15.8 Å². The average molecular weight is 280 g/mol. The van der Waals surface area contributed by atoms with E-state index in [4.69, 9.17) is 0 Å². The molecule has 0 aliphatic carbocycles. The number of unbranched alkanes of at least 4 members (excludes halogenated alkanes) is 5. The van der Waals surface area contributed by atoms with Crippen LogP contribution in [-0.2, 0) is 4.79 Å². The van der Waals surface area contributed by atoms with E-state index in [-0.39, 0.29) is 11.7 Å². The fourth-order valence-corrected chi connectivity index (χ4v) is 2.07. The maximum Gasteiger partial charge on any atom is 0.221 e. The molecule has 0 fully saturated rings. The molecule has 1 rings (SSSR count). The molecule has 1 amide bonds. The van der Waals surface area contributed by atoms with Gasteiger partial charge in [-0.15, -0.1) is 0 Å². The van der Waals surface area contributed by atoms with E-state index in [2.05, 4.69) is 17.6 Å². The third kappa shape index (κ3) is 6.55. The molecule has 0 bridgehead atoms. The average Bonchev–Trinajstić information content (AvgIpc) is 2.40. The summed E-state index contributed by atoms with van der Waals surface area (Å²) in [5.74, 6) is -0.441. The molecule has 3 nitrogen and oxygen atoms in total. The van der Waals surface area contributed by atoms with Crippen LogP contribution in [0, 0.1) is 5.82 Å². The smallest absolute Gasteiger partial charge is 0.221 e. The van der Waals surface area contributed by atoms with Crippen LogP contribution in [0.5, 0.6) is 0 Å². The fourth-order valence-electron chi connectivity index (χ4n) is 2.07. The summed E-state index contributed by atoms with van der Waals surface area (Å²) in [6.07, 6.45) is 7.26. The van der Waals surface area contributed by atoms with Crippen LogP contribution in [0.15, 0.2) is 18.2 Å². The van der Waals surface area contributed by atoms with Crippen LogP contribution < -0.4 is 10.6 Å². The van der Waals surface area contributed by atoms with Crippen LogP contribution in [0.2, 0.25) is 0 Å². The summed E-state index contributed by atoms with van der Waals surface area (Å²) in [6.45, 7) is 4.39. The molecule has 0 atom stereocenters. The molecule has 4 heteroatoms. The lowest BCUT2D eigenvalue weighted by atomic mass is 10.1. The minimum atomic E-state index is -0.287. The lowest BCUT2D eigenvalue weighted by Gasteiger charge is -2.10. The van der Waals surface area contributed by atoms with Crippen LogP contribution in [-0.4, -0.2) is 12.5 Å². The molecule has 0 heterocycles. The normalized spacial score (nSPS) is 10.3. The fraction of sp³-hybridized carbons (Fsp3) is 0.562. The molecule has 0 aromatic heterocycles. The molecular formula is C16H25FN2O. The van der Waals surface area contributed by atoms with Gasteiger partial charge in [0.05, 0.1) is 5.69 Å². The zero-order valence-electron chi connectivity index (χ0n) is 12.5. The van der Waals surface area contributed by atoms with Crippen molar-refractivity contribution in [2.45, 2.75) is 52.4 Å². The molecule has 0 aliphatic rings. The molecule has 0 spiro atoms. The highest BCUT2D eigenvalue weighted by Gasteiger charge is 2.04. The van der Waals surface area contributed by atoms with E-state index in [9.17, 15) is 9.18 Å². The minimum Gasteiger partial charge on any atom is -0.383 e. The number of halogens is 1. The van der Waals surface area contributed by atoms with Gasteiger partial charge in [0.15, 0.2) is 0 Å². The van der Waals surface area contributed by atoms with Gasteiger partial charge in [-0.2, -0.15) is 0 Å². The molecule has 1 aromatic carbocycles. The third-order valence-corrected chi connectivity index (χ3v) is 3.13. The molecule has 2 N–H and O–H groups in total. The number of hydrogen-bond donors (Lipinski definition) is 2. The standard InChI is InChI=1S/C16H25FN2O/c1-3-4-5-6-7-8-11-18-16-12-14(19-13(2)20)9-10-15(16)17/h9-10,12,18H,3-8,11H2,1-2H3,(H,19,20). The topological polar surface area (TPSA) is 41.1 Å². The van der Waals surface area contributed by atoms with Crippen molar-refractivity contribution in [3.8, 4) is 0 Å². The van der Waals surface area contributed by atoms with Gasteiger partial charge in [-0.1, -0.05) is 39.0 Å². The first kappa shape index (κ1) is 16.5. The second-order valence-corrected chi connectivity index (χ2v) is 5.07. The van der Waals surface area contributed by atoms with E-state index in [1.54, 1.807) is 12.1 Å². The quantitative estimate of drug-likeness (QED) is 0.651. The second kappa shape index (κ2) is 9.34. The molecule has 112 valence electrons. The van der Waals surface area contributed by atoms with E-state index < -0.39 is 0 Å². The summed E-state index contributed by atoms with van der Waals surface area (Å²) < 4.78 is 13.6. The Kier molecular flexibility index (Phi) is 7.70. The summed E-state index contributed by atoms with van der Waals surface area (Å²) >= 11 is 0. The Labute approximate surface area is 121 Å². The summed E-state index contributed by atoms with van der Waals surface area (Å²) in [6, 6.07) is 4.56. The van der Waals surface area contributed by atoms with E-state index >= 15 is 0 Å². The molecule has 20 heavy (non-hydrogen) atoms. The molecule has 0 saturated carbocycles. The largest absolute Gasteiger partial charge is 0.383 e. The van der Waals surface area contributed by atoms with Crippen LogP contribution in [0.25, 0.3) is 0 Å². The highest BCUT2D eigenvalue weighted by Crippen LogP contribution is 2.19. The van der Waals surface area contributed by atoms with Crippen molar-refractivity contribution in [2.24, 2.45) is 0 Å². The molecule has 0 radical (unpaired) electrons. The highest BCUT2D eigenvalue weighted by molar-refractivity contribution is 5.89. The van der Waals surface area contributed by atoms with E-state index in [1.807, 2.05) is 0 Å². The Morgan fingerprint density at radius 2 is 1.85 bits per heavy atom. The first-order valence-electron chi connectivity index (χ1n) is 7.44.